The Morgan fingerprint density at radius 2 is 1.90 bits per heavy atom. The average molecular weight is 442 g/mol. The van der Waals surface area contributed by atoms with E-state index in [0.717, 1.165) is 5.56 Å². The van der Waals surface area contributed by atoms with Crippen LogP contribution < -0.4 is 15.4 Å². The monoisotopic (exact) mass is 442 g/mol. The van der Waals surface area contributed by atoms with Crippen LogP contribution in [0.25, 0.3) is 22.4 Å². The third-order valence-corrected chi connectivity index (χ3v) is 5.38. The standard InChI is InChI=1S/C19H19FN8O2S/c1-28(2)19-24-17(23-18(25-19)22-10-11-5-3-6-12(20)9-11)16-13-7-4-8-14(31(21,29)30)15(13)26-27-16/h3-9H,10H2,1-2H3,(H,26,27)(H2,21,29,30)(H,22,23,24,25). The zero-order valence-electron chi connectivity index (χ0n) is 16.7. The van der Waals surface area contributed by atoms with E-state index in [1.54, 1.807) is 43.3 Å². The second-order valence-corrected chi connectivity index (χ2v) is 8.49. The Morgan fingerprint density at radius 3 is 2.61 bits per heavy atom. The maximum Gasteiger partial charge on any atom is 0.240 e. The van der Waals surface area contributed by atoms with Gasteiger partial charge in [0.1, 0.15) is 21.9 Å². The van der Waals surface area contributed by atoms with Crippen molar-refractivity contribution in [3.05, 3.63) is 53.8 Å². The van der Waals surface area contributed by atoms with Gasteiger partial charge in [0.2, 0.25) is 21.9 Å². The Bertz CT molecular complexity index is 1370. The van der Waals surface area contributed by atoms with Crippen LogP contribution in [-0.2, 0) is 16.6 Å². The smallest absolute Gasteiger partial charge is 0.240 e. The van der Waals surface area contributed by atoms with Gasteiger partial charge in [0.15, 0.2) is 5.82 Å². The molecular formula is C19H19FN8O2S. The van der Waals surface area contributed by atoms with Crippen molar-refractivity contribution >= 4 is 32.8 Å². The first-order chi connectivity index (χ1) is 14.7. The average Bonchev–Trinajstić information content (AvgIpc) is 3.15. The van der Waals surface area contributed by atoms with Crippen LogP contribution in [0.5, 0.6) is 0 Å². The zero-order chi connectivity index (χ0) is 22.2. The van der Waals surface area contributed by atoms with Gasteiger partial charge in [0.25, 0.3) is 0 Å². The SMILES string of the molecule is CN(C)c1nc(NCc2cccc(F)c2)nc(-c2[nH]nc3c(S(N)(=O)=O)cccc23)n1. The molecule has 0 amide bonds. The van der Waals surface area contributed by atoms with Gasteiger partial charge < -0.3 is 10.2 Å². The summed E-state index contributed by atoms with van der Waals surface area (Å²) < 4.78 is 37.2. The van der Waals surface area contributed by atoms with Crippen LogP contribution in [0.4, 0.5) is 16.3 Å². The predicted octanol–water partition coefficient (Wildman–Crippen LogP) is 1.88. The molecule has 0 saturated carbocycles. The van der Waals surface area contributed by atoms with E-state index in [0.29, 0.717) is 23.6 Å². The van der Waals surface area contributed by atoms with E-state index in [1.807, 2.05) is 0 Å². The number of rotatable bonds is 6. The highest BCUT2D eigenvalue weighted by atomic mass is 32.2. The van der Waals surface area contributed by atoms with E-state index < -0.39 is 10.0 Å². The molecule has 0 radical (unpaired) electrons. The number of aromatic nitrogens is 5. The van der Waals surface area contributed by atoms with E-state index in [1.165, 1.54) is 18.2 Å². The number of sulfonamides is 1. The molecule has 0 unspecified atom stereocenters. The molecule has 0 spiro atoms. The minimum absolute atomic E-state index is 0.0983. The van der Waals surface area contributed by atoms with E-state index in [2.05, 4.69) is 30.5 Å². The van der Waals surface area contributed by atoms with Gasteiger partial charge in [-0.25, -0.2) is 17.9 Å². The second kappa shape index (κ2) is 7.89. The lowest BCUT2D eigenvalue weighted by Crippen LogP contribution is -2.16. The van der Waals surface area contributed by atoms with Crippen molar-refractivity contribution in [2.75, 3.05) is 24.3 Å². The molecule has 0 atom stereocenters. The molecule has 160 valence electrons. The van der Waals surface area contributed by atoms with E-state index in [4.69, 9.17) is 5.14 Å². The summed E-state index contributed by atoms with van der Waals surface area (Å²) in [5, 5.41) is 15.8. The summed E-state index contributed by atoms with van der Waals surface area (Å²) in [6.07, 6.45) is 0. The number of nitrogens with two attached hydrogens (primary N) is 1. The molecule has 4 N–H and O–H groups in total. The van der Waals surface area contributed by atoms with Crippen LogP contribution in [0.1, 0.15) is 5.56 Å². The predicted molar refractivity (Wildman–Crippen MR) is 114 cm³/mol. The Balaban J connectivity index is 1.76. The number of aromatic amines is 1. The fraction of sp³-hybridized carbons (Fsp3) is 0.158. The lowest BCUT2D eigenvalue weighted by Gasteiger charge is -2.13. The van der Waals surface area contributed by atoms with Crippen molar-refractivity contribution in [2.24, 2.45) is 5.14 Å². The van der Waals surface area contributed by atoms with Gasteiger partial charge in [-0.3, -0.25) is 5.10 Å². The van der Waals surface area contributed by atoms with Crippen molar-refractivity contribution in [1.82, 2.24) is 25.1 Å². The fourth-order valence-electron chi connectivity index (χ4n) is 3.00. The Kier molecular flexibility index (Phi) is 5.25. The molecule has 4 rings (SSSR count). The summed E-state index contributed by atoms with van der Waals surface area (Å²) in [6.45, 7) is 0.299. The molecule has 2 heterocycles. The third kappa shape index (κ3) is 4.29. The normalized spacial score (nSPS) is 11.6. The van der Waals surface area contributed by atoms with Crippen molar-refractivity contribution in [3.63, 3.8) is 0 Å². The highest BCUT2D eigenvalue weighted by molar-refractivity contribution is 7.89. The molecule has 31 heavy (non-hydrogen) atoms. The quantitative estimate of drug-likeness (QED) is 0.411. The van der Waals surface area contributed by atoms with Crippen LogP contribution in [0.15, 0.2) is 47.4 Å². The minimum atomic E-state index is -3.96. The summed E-state index contributed by atoms with van der Waals surface area (Å²) in [4.78, 5) is 14.8. The number of anilines is 2. The van der Waals surface area contributed by atoms with Gasteiger partial charge in [-0.15, -0.1) is 0 Å². The molecule has 10 nitrogen and oxygen atoms in total. The van der Waals surface area contributed by atoms with E-state index in [9.17, 15) is 12.8 Å². The van der Waals surface area contributed by atoms with Gasteiger partial charge in [0.05, 0.1) is 0 Å². The molecule has 0 aliphatic rings. The molecule has 0 saturated heterocycles. The summed E-state index contributed by atoms with van der Waals surface area (Å²) >= 11 is 0. The summed E-state index contributed by atoms with van der Waals surface area (Å²) in [5.41, 5.74) is 1.33. The van der Waals surface area contributed by atoms with Gasteiger partial charge in [-0.05, 0) is 23.8 Å². The maximum atomic E-state index is 13.4. The van der Waals surface area contributed by atoms with Gasteiger partial charge in [-0.2, -0.15) is 20.1 Å². The van der Waals surface area contributed by atoms with Crippen LogP contribution in [-0.4, -0.2) is 47.7 Å². The summed E-state index contributed by atoms with van der Waals surface area (Å²) in [5.74, 6) is 0.564. The molecular weight excluding hydrogens is 423 g/mol. The lowest BCUT2D eigenvalue weighted by molar-refractivity contribution is 0.598. The van der Waals surface area contributed by atoms with Gasteiger partial charge in [-0.1, -0.05) is 24.3 Å². The Hall–Kier alpha value is -3.64. The number of fused-ring (bicyclic) bond motifs is 1. The molecule has 0 fully saturated rings. The van der Waals surface area contributed by atoms with Crippen molar-refractivity contribution in [1.29, 1.82) is 0 Å². The number of hydrogen-bond acceptors (Lipinski definition) is 8. The number of benzene rings is 2. The van der Waals surface area contributed by atoms with Crippen LogP contribution in [0.3, 0.4) is 0 Å². The van der Waals surface area contributed by atoms with E-state index >= 15 is 0 Å². The highest BCUT2D eigenvalue weighted by Crippen LogP contribution is 2.28. The summed E-state index contributed by atoms with van der Waals surface area (Å²) in [6, 6.07) is 10.8. The number of nitrogens with zero attached hydrogens (tertiary/aromatic N) is 5. The van der Waals surface area contributed by atoms with Crippen LogP contribution in [0, 0.1) is 5.82 Å². The number of hydrogen-bond donors (Lipinski definition) is 3. The maximum absolute atomic E-state index is 13.4. The van der Waals surface area contributed by atoms with Crippen molar-refractivity contribution < 1.29 is 12.8 Å². The Morgan fingerprint density at radius 1 is 1.13 bits per heavy atom. The largest absolute Gasteiger partial charge is 0.350 e. The molecule has 12 heteroatoms. The minimum Gasteiger partial charge on any atom is -0.350 e. The number of halogens is 1. The molecule has 0 bridgehead atoms. The van der Waals surface area contributed by atoms with Gasteiger partial charge >= 0.3 is 0 Å². The topological polar surface area (TPSA) is 143 Å². The first-order valence-electron chi connectivity index (χ1n) is 9.14. The number of primary sulfonamides is 1. The lowest BCUT2D eigenvalue weighted by atomic mass is 10.2. The van der Waals surface area contributed by atoms with E-state index in [-0.39, 0.29) is 28.0 Å². The second-order valence-electron chi connectivity index (χ2n) is 6.96. The number of nitrogens with one attached hydrogen (secondary N) is 2. The zero-order valence-corrected chi connectivity index (χ0v) is 17.5. The van der Waals surface area contributed by atoms with Crippen molar-refractivity contribution in [3.8, 4) is 11.5 Å². The summed E-state index contributed by atoms with van der Waals surface area (Å²) in [7, 11) is -0.403. The number of para-hydroxylation sites is 1. The van der Waals surface area contributed by atoms with Gasteiger partial charge in [0, 0.05) is 26.0 Å². The molecule has 2 aromatic carbocycles. The first-order valence-corrected chi connectivity index (χ1v) is 10.7. The fourth-order valence-corrected chi connectivity index (χ4v) is 3.69. The molecule has 0 aliphatic heterocycles. The molecule has 4 aromatic rings. The van der Waals surface area contributed by atoms with Crippen molar-refractivity contribution in [2.45, 2.75) is 11.4 Å². The Labute approximate surface area is 177 Å². The third-order valence-electron chi connectivity index (χ3n) is 4.44. The van der Waals surface area contributed by atoms with Crippen LogP contribution in [0.2, 0.25) is 0 Å². The van der Waals surface area contributed by atoms with Crippen LogP contribution >= 0.6 is 0 Å². The highest BCUT2D eigenvalue weighted by Gasteiger charge is 2.20. The number of H-pyrrole nitrogens is 1. The first kappa shape index (κ1) is 20.6. The molecule has 0 aliphatic carbocycles. The molecule has 2 aromatic heterocycles.